The molecule has 2 nitrogen and oxygen atoms in total. The lowest BCUT2D eigenvalue weighted by atomic mass is 10.1. The third kappa shape index (κ3) is 3.81. The van der Waals surface area contributed by atoms with Crippen LogP contribution in [0.2, 0.25) is 5.15 Å². The number of aromatic nitrogens is 1. The largest absolute Gasteiger partial charge is 0.299 e. The summed E-state index contributed by atoms with van der Waals surface area (Å²) in [6, 6.07) is 33.4. The van der Waals surface area contributed by atoms with Crippen LogP contribution in [-0.2, 0) is 0 Å². The number of fused-ring (bicyclic) bond motifs is 2. The molecule has 34 heavy (non-hydrogen) atoms. The molecule has 1 atom stereocenters. The van der Waals surface area contributed by atoms with Gasteiger partial charge in [0.05, 0.1) is 0 Å². The first-order valence-electron chi connectivity index (χ1n) is 11.8. The van der Waals surface area contributed by atoms with Crippen LogP contribution in [0.1, 0.15) is 24.4 Å². The SMILES string of the molecule is CN1CCCC1c1cnc(Cl)cc1P(c1cccc2ccccc12)c1cccc2ccccc12. The maximum Gasteiger partial charge on any atom is 0.129 e. The third-order valence-electron chi connectivity index (χ3n) is 7.01. The lowest BCUT2D eigenvalue weighted by Crippen LogP contribution is -2.29. The molecule has 1 unspecified atom stereocenters. The summed E-state index contributed by atoms with van der Waals surface area (Å²) in [4.78, 5) is 7.03. The van der Waals surface area contributed by atoms with E-state index in [2.05, 4.69) is 108 Å². The molecule has 2 heterocycles. The fourth-order valence-electron chi connectivity index (χ4n) is 5.38. The number of nitrogens with zero attached hydrogens (tertiary/aromatic N) is 2. The Morgan fingerprint density at radius 1 is 0.794 bits per heavy atom. The van der Waals surface area contributed by atoms with Crippen molar-refractivity contribution in [1.29, 1.82) is 0 Å². The van der Waals surface area contributed by atoms with Crippen LogP contribution in [0.3, 0.4) is 0 Å². The molecule has 4 heteroatoms. The summed E-state index contributed by atoms with van der Waals surface area (Å²) in [6.07, 6.45) is 4.40. The predicted octanol–water partition coefficient (Wildman–Crippen LogP) is 6.57. The van der Waals surface area contributed by atoms with Crippen LogP contribution >= 0.6 is 19.5 Å². The molecule has 1 aliphatic heterocycles. The normalized spacial score (nSPS) is 16.6. The quantitative estimate of drug-likeness (QED) is 0.214. The van der Waals surface area contributed by atoms with E-state index in [1.165, 1.54) is 49.4 Å². The van der Waals surface area contributed by atoms with E-state index < -0.39 is 7.92 Å². The summed E-state index contributed by atoms with van der Waals surface area (Å²) >= 11 is 6.60. The second kappa shape index (κ2) is 9.12. The summed E-state index contributed by atoms with van der Waals surface area (Å²) in [6.45, 7) is 1.12. The first kappa shape index (κ1) is 21.7. The van der Waals surface area contributed by atoms with Gasteiger partial charge >= 0.3 is 0 Å². The van der Waals surface area contributed by atoms with Crippen molar-refractivity contribution in [2.24, 2.45) is 0 Å². The molecule has 0 N–H and O–H groups in total. The molecule has 0 radical (unpaired) electrons. The second-order valence-electron chi connectivity index (χ2n) is 9.04. The molecule has 0 amide bonds. The van der Waals surface area contributed by atoms with E-state index in [1.807, 2.05) is 6.20 Å². The van der Waals surface area contributed by atoms with Crippen LogP contribution < -0.4 is 15.9 Å². The van der Waals surface area contributed by atoms with Gasteiger partial charge in [0.15, 0.2) is 0 Å². The van der Waals surface area contributed by atoms with Crippen molar-refractivity contribution in [2.75, 3.05) is 13.6 Å². The van der Waals surface area contributed by atoms with E-state index in [9.17, 15) is 0 Å². The van der Waals surface area contributed by atoms with Crippen LogP contribution in [0.4, 0.5) is 0 Å². The van der Waals surface area contributed by atoms with Crippen molar-refractivity contribution < 1.29 is 0 Å². The highest BCUT2D eigenvalue weighted by molar-refractivity contribution is 7.80. The van der Waals surface area contributed by atoms with Crippen LogP contribution in [0.5, 0.6) is 0 Å². The molecule has 168 valence electrons. The lowest BCUT2D eigenvalue weighted by Gasteiger charge is -2.29. The third-order valence-corrected chi connectivity index (χ3v) is 9.83. The summed E-state index contributed by atoms with van der Waals surface area (Å²) in [7, 11) is 1.36. The molecular formula is C30H26ClN2P. The average molecular weight is 481 g/mol. The Kier molecular flexibility index (Phi) is 5.83. The summed E-state index contributed by atoms with van der Waals surface area (Å²) < 4.78 is 0. The zero-order valence-electron chi connectivity index (χ0n) is 19.2. The Bertz CT molecular complexity index is 1410. The molecule has 0 bridgehead atoms. The smallest absolute Gasteiger partial charge is 0.129 e. The van der Waals surface area contributed by atoms with Crippen molar-refractivity contribution >= 4 is 57.0 Å². The van der Waals surface area contributed by atoms with Gasteiger partial charge in [0.1, 0.15) is 5.15 Å². The molecule has 0 saturated carbocycles. The van der Waals surface area contributed by atoms with Crippen molar-refractivity contribution in [3.8, 4) is 0 Å². The van der Waals surface area contributed by atoms with Crippen LogP contribution in [0.15, 0.2) is 97.2 Å². The number of halogens is 1. The van der Waals surface area contributed by atoms with Gasteiger partial charge in [-0.2, -0.15) is 0 Å². The highest BCUT2D eigenvalue weighted by Crippen LogP contribution is 2.42. The second-order valence-corrected chi connectivity index (χ2v) is 11.5. The van der Waals surface area contributed by atoms with Gasteiger partial charge in [-0.1, -0.05) is 96.5 Å². The standard InChI is InChI=1S/C30H26ClN2P/c1-33-18-8-15-26(33)25-20-32-30(31)19-29(25)34(27-16-6-11-21-9-2-4-13-23(21)27)28-17-7-12-22-10-3-5-14-24(22)28/h2-7,9-14,16-17,19-20,26H,8,15,18H2,1H3. The van der Waals surface area contributed by atoms with Crippen LogP contribution in [0, 0.1) is 0 Å². The molecule has 4 aromatic carbocycles. The molecule has 1 aliphatic rings. The van der Waals surface area contributed by atoms with E-state index >= 15 is 0 Å². The summed E-state index contributed by atoms with van der Waals surface area (Å²) in [5, 5.41) is 9.78. The first-order valence-corrected chi connectivity index (χ1v) is 13.5. The number of pyridine rings is 1. The van der Waals surface area contributed by atoms with Gasteiger partial charge in [-0.3, -0.25) is 4.90 Å². The molecule has 1 aromatic heterocycles. The maximum atomic E-state index is 6.60. The van der Waals surface area contributed by atoms with Gasteiger partial charge in [0, 0.05) is 12.2 Å². The zero-order valence-corrected chi connectivity index (χ0v) is 20.8. The number of benzene rings is 4. The van der Waals surface area contributed by atoms with Crippen LogP contribution in [0.25, 0.3) is 21.5 Å². The Morgan fingerprint density at radius 3 is 1.97 bits per heavy atom. The number of hydrogen-bond donors (Lipinski definition) is 0. The van der Waals surface area contributed by atoms with E-state index in [0.717, 1.165) is 13.0 Å². The monoisotopic (exact) mass is 480 g/mol. The summed E-state index contributed by atoms with van der Waals surface area (Å²) in [5.74, 6) is 0. The van der Waals surface area contributed by atoms with E-state index in [1.54, 1.807) is 0 Å². The Morgan fingerprint density at radius 2 is 1.38 bits per heavy atom. The Balaban J connectivity index is 1.69. The van der Waals surface area contributed by atoms with Crippen molar-refractivity contribution in [3.05, 3.63) is 108 Å². The zero-order chi connectivity index (χ0) is 23.1. The minimum Gasteiger partial charge on any atom is -0.299 e. The number of hydrogen-bond acceptors (Lipinski definition) is 2. The number of rotatable bonds is 4. The summed E-state index contributed by atoms with van der Waals surface area (Å²) in [5.41, 5.74) is 1.32. The molecule has 0 spiro atoms. The molecule has 1 saturated heterocycles. The molecular weight excluding hydrogens is 455 g/mol. The Hall–Kier alpha value is -2.77. The van der Waals surface area contributed by atoms with Gasteiger partial charge in [0.25, 0.3) is 0 Å². The van der Waals surface area contributed by atoms with Gasteiger partial charge in [-0.15, -0.1) is 0 Å². The highest BCUT2D eigenvalue weighted by atomic mass is 35.5. The average Bonchev–Trinajstić information content (AvgIpc) is 3.30. The molecule has 0 aliphatic carbocycles. The fourth-order valence-corrected chi connectivity index (χ4v) is 8.47. The van der Waals surface area contributed by atoms with Crippen molar-refractivity contribution in [2.45, 2.75) is 18.9 Å². The first-order chi connectivity index (χ1) is 16.7. The molecule has 5 aromatic rings. The van der Waals surface area contributed by atoms with Crippen molar-refractivity contribution in [1.82, 2.24) is 9.88 Å². The predicted molar refractivity (Wildman–Crippen MR) is 148 cm³/mol. The van der Waals surface area contributed by atoms with Gasteiger partial charge in [-0.25, -0.2) is 4.98 Å². The van der Waals surface area contributed by atoms with Gasteiger partial charge < -0.3 is 0 Å². The van der Waals surface area contributed by atoms with Gasteiger partial charge in [0.2, 0.25) is 0 Å². The van der Waals surface area contributed by atoms with E-state index in [-0.39, 0.29) is 0 Å². The minimum absolute atomic E-state index is 0.370. The van der Waals surface area contributed by atoms with E-state index in [4.69, 9.17) is 11.6 Å². The minimum atomic E-state index is -0.869. The number of likely N-dealkylation sites (tertiary alicyclic amines) is 1. The fraction of sp³-hybridized carbons (Fsp3) is 0.167. The highest BCUT2D eigenvalue weighted by Gasteiger charge is 2.30. The lowest BCUT2D eigenvalue weighted by molar-refractivity contribution is 0.318. The van der Waals surface area contributed by atoms with Crippen molar-refractivity contribution in [3.63, 3.8) is 0 Å². The maximum absolute atomic E-state index is 6.60. The van der Waals surface area contributed by atoms with Gasteiger partial charge in [-0.05, 0) is 83.4 Å². The van der Waals surface area contributed by atoms with E-state index in [0.29, 0.717) is 11.2 Å². The topological polar surface area (TPSA) is 16.1 Å². The molecule has 1 fully saturated rings. The Labute approximate surface area is 207 Å². The molecule has 6 rings (SSSR count). The van der Waals surface area contributed by atoms with Crippen LogP contribution in [-0.4, -0.2) is 23.5 Å².